The van der Waals surface area contributed by atoms with Gasteiger partial charge in [-0.05, 0) is 30.4 Å². The third-order valence-corrected chi connectivity index (χ3v) is 4.93. The standard InChI is InChI=1S/C21H29N3O/c1-3-5-7-16-8-10-17(11-9-16)14-24-13-12-19-18(15-24)21(25)23-20(22-19)6-4-2/h8-11H,3-7,12-15H2,1-2H3,(H,22,23,25). The van der Waals surface area contributed by atoms with E-state index in [1.807, 2.05) is 0 Å². The maximum Gasteiger partial charge on any atom is 0.255 e. The lowest BCUT2D eigenvalue weighted by Gasteiger charge is -2.27. The molecule has 0 unspecified atom stereocenters. The maximum absolute atomic E-state index is 12.4. The van der Waals surface area contributed by atoms with Gasteiger partial charge in [-0.1, -0.05) is 44.5 Å². The minimum Gasteiger partial charge on any atom is -0.310 e. The number of hydrogen-bond acceptors (Lipinski definition) is 3. The van der Waals surface area contributed by atoms with Crippen LogP contribution in [-0.4, -0.2) is 21.4 Å². The van der Waals surface area contributed by atoms with Crippen LogP contribution in [0.25, 0.3) is 0 Å². The summed E-state index contributed by atoms with van der Waals surface area (Å²) in [5.41, 5.74) is 4.63. The first-order chi connectivity index (χ1) is 12.2. The van der Waals surface area contributed by atoms with Gasteiger partial charge in [-0.15, -0.1) is 0 Å². The molecule has 0 radical (unpaired) electrons. The fraction of sp³-hybridized carbons (Fsp3) is 0.524. The SMILES string of the molecule is CCCCc1ccc(CN2CCc3nc(CCC)[nH]c(=O)c3C2)cc1. The molecule has 0 spiro atoms. The Hall–Kier alpha value is -1.94. The molecule has 0 fully saturated rings. The quantitative estimate of drug-likeness (QED) is 0.838. The van der Waals surface area contributed by atoms with Gasteiger partial charge in [0.05, 0.1) is 11.3 Å². The van der Waals surface area contributed by atoms with E-state index in [4.69, 9.17) is 0 Å². The van der Waals surface area contributed by atoms with Gasteiger partial charge in [0.2, 0.25) is 0 Å². The first-order valence-electron chi connectivity index (χ1n) is 9.60. The van der Waals surface area contributed by atoms with Crippen LogP contribution < -0.4 is 5.56 Å². The molecule has 0 amide bonds. The van der Waals surface area contributed by atoms with Gasteiger partial charge in [0.15, 0.2) is 0 Å². The van der Waals surface area contributed by atoms with Gasteiger partial charge < -0.3 is 4.98 Å². The lowest BCUT2D eigenvalue weighted by atomic mass is 10.0. The number of fused-ring (bicyclic) bond motifs is 1. The molecule has 25 heavy (non-hydrogen) atoms. The van der Waals surface area contributed by atoms with Crippen molar-refractivity contribution in [2.24, 2.45) is 0 Å². The zero-order chi connectivity index (χ0) is 17.6. The molecule has 4 nitrogen and oxygen atoms in total. The second kappa shape index (κ2) is 8.43. The van der Waals surface area contributed by atoms with Crippen LogP contribution in [0, 0.1) is 0 Å². The highest BCUT2D eigenvalue weighted by Gasteiger charge is 2.21. The molecule has 0 atom stereocenters. The van der Waals surface area contributed by atoms with Crippen LogP contribution in [0.5, 0.6) is 0 Å². The molecule has 1 N–H and O–H groups in total. The van der Waals surface area contributed by atoms with Crippen LogP contribution in [0.3, 0.4) is 0 Å². The van der Waals surface area contributed by atoms with E-state index in [2.05, 4.69) is 53.0 Å². The molecular weight excluding hydrogens is 310 g/mol. The molecule has 0 bridgehead atoms. The van der Waals surface area contributed by atoms with Crippen molar-refractivity contribution in [2.45, 2.75) is 65.5 Å². The number of nitrogens with zero attached hydrogens (tertiary/aromatic N) is 2. The zero-order valence-electron chi connectivity index (χ0n) is 15.5. The van der Waals surface area contributed by atoms with Crippen LogP contribution in [0.1, 0.15) is 61.3 Å². The number of unbranched alkanes of at least 4 members (excludes halogenated alkanes) is 1. The highest BCUT2D eigenvalue weighted by Crippen LogP contribution is 2.17. The largest absolute Gasteiger partial charge is 0.310 e. The Morgan fingerprint density at radius 3 is 2.56 bits per heavy atom. The smallest absolute Gasteiger partial charge is 0.255 e. The number of nitrogens with one attached hydrogen (secondary N) is 1. The van der Waals surface area contributed by atoms with Gasteiger partial charge >= 0.3 is 0 Å². The Morgan fingerprint density at radius 2 is 1.84 bits per heavy atom. The Labute approximate surface area is 150 Å². The van der Waals surface area contributed by atoms with E-state index in [-0.39, 0.29) is 5.56 Å². The first-order valence-corrected chi connectivity index (χ1v) is 9.60. The Balaban J connectivity index is 1.66. The maximum atomic E-state index is 12.4. The highest BCUT2D eigenvalue weighted by molar-refractivity contribution is 5.24. The molecule has 2 aromatic rings. The molecule has 1 aromatic heterocycles. The molecule has 0 saturated heterocycles. The Bertz CT molecular complexity index is 749. The van der Waals surface area contributed by atoms with Gasteiger partial charge in [-0.25, -0.2) is 4.98 Å². The molecule has 4 heteroatoms. The molecule has 0 saturated carbocycles. The molecule has 1 aliphatic rings. The van der Waals surface area contributed by atoms with E-state index in [0.717, 1.165) is 55.9 Å². The van der Waals surface area contributed by atoms with E-state index >= 15 is 0 Å². The summed E-state index contributed by atoms with van der Waals surface area (Å²) in [6.07, 6.45) is 6.35. The molecule has 3 rings (SSSR count). The van der Waals surface area contributed by atoms with Crippen molar-refractivity contribution in [1.82, 2.24) is 14.9 Å². The van der Waals surface area contributed by atoms with Crippen molar-refractivity contribution < 1.29 is 0 Å². The van der Waals surface area contributed by atoms with Crippen LogP contribution in [0.4, 0.5) is 0 Å². The predicted molar refractivity (Wildman–Crippen MR) is 102 cm³/mol. The zero-order valence-corrected chi connectivity index (χ0v) is 15.5. The summed E-state index contributed by atoms with van der Waals surface area (Å²) < 4.78 is 0. The lowest BCUT2D eigenvalue weighted by Crippen LogP contribution is -2.35. The summed E-state index contributed by atoms with van der Waals surface area (Å²) in [5, 5.41) is 0. The van der Waals surface area contributed by atoms with Gasteiger partial charge in [0.25, 0.3) is 5.56 Å². The second-order valence-corrected chi connectivity index (χ2v) is 7.07. The van der Waals surface area contributed by atoms with E-state index in [1.54, 1.807) is 0 Å². The van der Waals surface area contributed by atoms with E-state index in [1.165, 1.54) is 24.0 Å². The van der Waals surface area contributed by atoms with Gasteiger partial charge in [-0.3, -0.25) is 9.69 Å². The number of aromatic nitrogens is 2. The normalized spacial score (nSPS) is 14.5. The van der Waals surface area contributed by atoms with Crippen molar-refractivity contribution in [3.05, 3.63) is 62.8 Å². The summed E-state index contributed by atoms with van der Waals surface area (Å²) in [6.45, 7) is 6.89. The number of benzene rings is 1. The molecule has 1 aliphatic heterocycles. The number of hydrogen-bond donors (Lipinski definition) is 1. The van der Waals surface area contributed by atoms with Crippen LogP contribution in [-0.2, 0) is 32.4 Å². The van der Waals surface area contributed by atoms with Crippen molar-refractivity contribution in [3.63, 3.8) is 0 Å². The molecule has 1 aromatic carbocycles. The average molecular weight is 339 g/mol. The van der Waals surface area contributed by atoms with Gasteiger partial charge in [0, 0.05) is 32.5 Å². The summed E-state index contributed by atoms with van der Waals surface area (Å²) in [7, 11) is 0. The number of rotatable bonds is 7. The average Bonchev–Trinajstić information content (AvgIpc) is 2.62. The fourth-order valence-electron chi connectivity index (χ4n) is 3.47. The summed E-state index contributed by atoms with van der Waals surface area (Å²) in [6, 6.07) is 8.95. The fourth-order valence-corrected chi connectivity index (χ4v) is 3.47. The van der Waals surface area contributed by atoms with Crippen molar-refractivity contribution in [2.75, 3.05) is 6.54 Å². The van der Waals surface area contributed by atoms with Crippen molar-refractivity contribution in [1.29, 1.82) is 0 Å². The minimum absolute atomic E-state index is 0.0491. The first kappa shape index (κ1) is 17.9. The number of aryl methyl sites for hydroxylation is 2. The molecule has 0 aliphatic carbocycles. The Kier molecular flexibility index (Phi) is 6.03. The van der Waals surface area contributed by atoms with Crippen LogP contribution in [0.15, 0.2) is 29.1 Å². The summed E-state index contributed by atoms with van der Waals surface area (Å²) in [4.78, 5) is 22.3. The van der Waals surface area contributed by atoms with E-state index < -0.39 is 0 Å². The summed E-state index contributed by atoms with van der Waals surface area (Å²) in [5.74, 6) is 0.836. The van der Waals surface area contributed by atoms with Gasteiger partial charge in [0.1, 0.15) is 5.82 Å². The third kappa shape index (κ3) is 4.57. The molecule has 2 heterocycles. The highest BCUT2D eigenvalue weighted by atomic mass is 16.1. The van der Waals surface area contributed by atoms with E-state index in [9.17, 15) is 4.79 Å². The van der Waals surface area contributed by atoms with Crippen LogP contribution >= 0.6 is 0 Å². The number of aromatic amines is 1. The minimum atomic E-state index is 0.0491. The Morgan fingerprint density at radius 1 is 1.08 bits per heavy atom. The van der Waals surface area contributed by atoms with Crippen LogP contribution in [0.2, 0.25) is 0 Å². The lowest BCUT2D eigenvalue weighted by molar-refractivity contribution is 0.241. The van der Waals surface area contributed by atoms with Gasteiger partial charge in [-0.2, -0.15) is 0 Å². The predicted octanol–water partition coefficient (Wildman–Crippen LogP) is 3.62. The van der Waals surface area contributed by atoms with E-state index in [0.29, 0.717) is 6.54 Å². The molecule has 134 valence electrons. The second-order valence-electron chi connectivity index (χ2n) is 7.07. The monoisotopic (exact) mass is 339 g/mol. The van der Waals surface area contributed by atoms with Crippen molar-refractivity contribution in [3.8, 4) is 0 Å². The number of H-pyrrole nitrogens is 1. The third-order valence-electron chi connectivity index (χ3n) is 4.93. The summed E-state index contributed by atoms with van der Waals surface area (Å²) >= 11 is 0. The topological polar surface area (TPSA) is 49.0 Å². The van der Waals surface area contributed by atoms with Crippen molar-refractivity contribution >= 4 is 0 Å². The molecular formula is C21H29N3O.